The average molecular weight is 423 g/mol. The fraction of sp³-hybridized carbons (Fsp3) is 0.353. The number of hydrogen-bond acceptors (Lipinski definition) is 7. The predicted octanol–water partition coefficient (Wildman–Crippen LogP) is 2.54. The van der Waals surface area contributed by atoms with Crippen LogP contribution < -0.4 is 5.56 Å². The minimum absolute atomic E-state index is 0.0886. The van der Waals surface area contributed by atoms with Gasteiger partial charge in [-0.15, -0.1) is 23.1 Å². The summed E-state index contributed by atoms with van der Waals surface area (Å²) in [6, 6.07) is 4.83. The summed E-state index contributed by atoms with van der Waals surface area (Å²) in [5.41, 5.74) is 1.47. The summed E-state index contributed by atoms with van der Waals surface area (Å²) >= 11 is 2.86. The number of rotatable bonds is 5. The lowest BCUT2D eigenvalue weighted by Crippen LogP contribution is -2.27. The Morgan fingerprint density at radius 1 is 1.26 bits per heavy atom. The highest BCUT2D eigenvalue weighted by atomic mass is 32.2. The third kappa shape index (κ3) is 3.66. The molecular weight excluding hydrogens is 404 g/mol. The highest BCUT2D eigenvalue weighted by Crippen LogP contribution is 2.24. The first-order valence-electron chi connectivity index (χ1n) is 8.51. The Hall–Kier alpha value is -1.75. The predicted molar refractivity (Wildman–Crippen MR) is 106 cm³/mol. The van der Waals surface area contributed by atoms with Gasteiger partial charge in [0.2, 0.25) is 10.0 Å². The van der Waals surface area contributed by atoms with Crippen LogP contribution in [0.25, 0.3) is 4.96 Å². The molecule has 7 nitrogen and oxygen atoms in total. The maximum Gasteiger partial charge on any atom is 0.258 e. The van der Waals surface area contributed by atoms with Gasteiger partial charge < -0.3 is 0 Å². The van der Waals surface area contributed by atoms with Gasteiger partial charge in [-0.3, -0.25) is 9.20 Å². The van der Waals surface area contributed by atoms with Gasteiger partial charge in [-0.05, 0) is 31.9 Å². The maximum absolute atomic E-state index is 12.5. The molecule has 0 unspecified atom stereocenters. The van der Waals surface area contributed by atoms with E-state index in [0.29, 0.717) is 34.5 Å². The summed E-state index contributed by atoms with van der Waals surface area (Å²) in [5.74, 6) is 0.494. The summed E-state index contributed by atoms with van der Waals surface area (Å²) < 4.78 is 28.1. The molecule has 3 aromatic rings. The van der Waals surface area contributed by atoms with Crippen LogP contribution in [0.15, 0.2) is 44.5 Å². The zero-order chi connectivity index (χ0) is 19.0. The van der Waals surface area contributed by atoms with Crippen molar-refractivity contribution in [1.29, 1.82) is 0 Å². The molecule has 142 valence electrons. The summed E-state index contributed by atoms with van der Waals surface area (Å²) in [7, 11) is -3.44. The molecule has 0 spiro atoms. The number of thiazole rings is 1. The second-order valence-corrected chi connectivity index (χ2v) is 10.1. The standard InChI is InChI=1S/C17H18N4O3S3/c1-12-10-26-17-19-13(8-16(22)21(12)17)11-25-15-5-4-14(9-18-15)27(23,24)20-6-2-3-7-20/h4-5,8-10H,2-3,6-7,11H2,1H3. The van der Waals surface area contributed by atoms with Gasteiger partial charge in [0.15, 0.2) is 4.96 Å². The van der Waals surface area contributed by atoms with E-state index in [1.807, 2.05) is 12.3 Å². The number of pyridine rings is 1. The fourth-order valence-electron chi connectivity index (χ4n) is 3.00. The molecule has 1 aliphatic heterocycles. The molecule has 10 heteroatoms. The van der Waals surface area contributed by atoms with Gasteiger partial charge in [-0.1, -0.05) is 0 Å². The quantitative estimate of drug-likeness (QED) is 0.588. The zero-order valence-corrected chi connectivity index (χ0v) is 17.1. The van der Waals surface area contributed by atoms with E-state index < -0.39 is 10.0 Å². The zero-order valence-electron chi connectivity index (χ0n) is 14.7. The Labute approximate surface area is 165 Å². The SMILES string of the molecule is Cc1csc2nc(CSc3ccc(S(=O)(=O)N4CCCC4)cn3)cc(=O)n12. The number of aryl methyl sites for hydroxylation is 1. The Morgan fingerprint density at radius 2 is 2.04 bits per heavy atom. The summed E-state index contributed by atoms with van der Waals surface area (Å²) in [5, 5.41) is 2.60. The van der Waals surface area contributed by atoms with Crippen molar-refractivity contribution in [2.75, 3.05) is 13.1 Å². The molecule has 27 heavy (non-hydrogen) atoms. The van der Waals surface area contributed by atoms with Crippen LogP contribution >= 0.6 is 23.1 Å². The number of fused-ring (bicyclic) bond motifs is 1. The highest BCUT2D eigenvalue weighted by molar-refractivity contribution is 7.98. The van der Waals surface area contributed by atoms with Crippen LogP contribution in [0.3, 0.4) is 0 Å². The van der Waals surface area contributed by atoms with Crippen molar-refractivity contribution in [3.05, 3.63) is 51.5 Å². The molecule has 1 fully saturated rings. The number of thioether (sulfide) groups is 1. The lowest BCUT2D eigenvalue weighted by molar-refractivity contribution is 0.477. The molecule has 0 atom stereocenters. The summed E-state index contributed by atoms with van der Waals surface area (Å²) in [4.78, 5) is 21.9. The third-order valence-electron chi connectivity index (χ3n) is 4.41. The number of hydrogen-bond donors (Lipinski definition) is 0. The second-order valence-electron chi connectivity index (χ2n) is 6.31. The molecule has 0 bridgehead atoms. The van der Waals surface area contributed by atoms with E-state index in [-0.39, 0.29) is 10.5 Å². The second kappa shape index (κ2) is 7.34. The lowest BCUT2D eigenvalue weighted by Gasteiger charge is -2.15. The average Bonchev–Trinajstić information content (AvgIpc) is 3.31. The molecule has 0 amide bonds. The van der Waals surface area contributed by atoms with Gasteiger partial charge in [-0.25, -0.2) is 18.4 Å². The van der Waals surface area contributed by atoms with Crippen molar-refractivity contribution in [1.82, 2.24) is 18.7 Å². The van der Waals surface area contributed by atoms with Gasteiger partial charge >= 0.3 is 0 Å². The van der Waals surface area contributed by atoms with Gasteiger partial charge in [-0.2, -0.15) is 4.31 Å². The van der Waals surface area contributed by atoms with Crippen molar-refractivity contribution in [2.24, 2.45) is 0 Å². The van der Waals surface area contributed by atoms with E-state index in [4.69, 9.17) is 0 Å². The number of aromatic nitrogens is 3. The van der Waals surface area contributed by atoms with E-state index in [2.05, 4.69) is 9.97 Å². The minimum Gasteiger partial charge on any atom is -0.269 e. The van der Waals surface area contributed by atoms with Gasteiger partial charge in [0, 0.05) is 42.2 Å². The van der Waals surface area contributed by atoms with E-state index in [0.717, 1.165) is 18.5 Å². The topological polar surface area (TPSA) is 84.6 Å². The molecule has 1 aliphatic rings. The van der Waals surface area contributed by atoms with Crippen molar-refractivity contribution in [3.8, 4) is 0 Å². The Morgan fingerprint density at radius 3 is 2.74 bits per heavy atom. The van der Waals surface area contributed by atoms with Crippen LogP contribution in [0.1, 0.15) is 24.2 Å². The molecule has 0 aromatic carbocycles. The Bertz CT molecular complexity index is 1130. The monoisotopic (exact) mass is 422 g/mol. The van der Waals surface area contributed by atoms with Crippen LogP contribution in [0.5, 0.6) is 0 Å². The minimum atomic E-state index is -3.44. The first-order chi connectivity index (χ1) is 12.9. The van der Waals surface area contributed by atoms with Crippen molar-refractivity contribution in [3.63, 3.8) is 0 Å². The molecule has 4 heterocycles. The van der Waals surface area contributed by atoms with E-state index in [1.54, 1.807) is 16.5 Å². The van der Waals surface area contributed by atoms with Gasteiger partial charge in [0.1, 0.15) is 4.90 Å². The third-order valence-corrected chi connectivity index (χ3v) is 8.21. The molecule has 0 aliphatic carbocycles. The Kier molecular flexibility index (Phi) is 5.06. The lowest BCUT2D eigenvalue weighted by atomic mass is 10.4. The number of nitrogens with zero attached hydrogens (tertiary/aromatic N) is 4. The first kappa shape index (κ1) is 18.6. The van der Waals surface area contributed by atoms with E-state index in [1.165, 1.54) is 39.7 Å². The van der Waals surface area contributed by atoms with E-state index in [9.17, 15) is 13.2 Å². The molecule has 0 saturated carbocycles. The molecule has 4 rings (SSSR count). The molecular formula is C17H18N4O3S3. The van der Waals surface area contributed by atoms with Crippen LogP contribution in [0.2, 0.25) is 0 Å². The number of sulfonamides is 1. The highest BCUT2D eigenvalue weighted by Gasteiger charge is 2.27. The van der Waals surface area contributed by atoms with E-state index >= 15 is 0 Å². The molecule has 3 aromatic heterocycles. The molecule has 0 N–H and O–H groups in total. The van der Waals surface area contributed by atoms with Crippen molar-refractivity contribution in [2.45, 2.75) is 35.4 Å². The largest absolute Gasteiger partial charge is 0.269 e. The molecule has 1 saturated heterocycles. The van der Waals surface area contributed by atoms with Crippen molar-refractivity contribution >= 4 is 38.1 Å². The van der Waals surface area contributed by atoms with Crippen LogP contribution in [-0.2, 0) is 15.8 Å². The summed E-state index contributed by atoms with van der Waals surface area (Å²) in [6.07, 6.45) is 3.22. The van der Waals surface area contributed by atoms with Crippen molar-refractivity contribution < 1.29 is 8.42 Å². The van der Waals surface area contributed by atoms with Gasteiger partial charge in [0.25, 0.3) is 5.56 Å². The normalized spacial score (nSPS) is 15.6. The summed E-state index contributed by atoms with van der Waals surface area (Å²) in [6.45, 7) is 3.03. The Balaban J connectivity index is 1.48. The van der Waals surface area contributed by atoms with Crippen LogP contribution in [0.4, 0.5) is 0 Å². The molecule has 0 radical (unpaired) electrons. The van der Waals surface area contributed by atoms with Crippen LogP contribution in [-0.4, -0.2) is 40.2 Å². The van der Waals surface area contributed by atoms with Crippen LogP contribution in [0, 0.1) is 6.92 Å². The fourth-order valence-corrected chi connectivity index (χ4v) is 6.09. The first-order valence-corrected chi connectivity index (χ1v) is 11.8. The maximum atomic E-state index is 12.5. The smallest absolute Gasteiger partial charge is 0.258 e. The van der Waals surface area contributed by atoms with Gasteiger partial charge in [0.05, 0.1) is 10.7 Å².